The molecule has 0 amide bonds. The van der Waals surface area contributed by atoms with Crippen molar-refractivity contribution in [1.29, 1.82) is 0 Å². The molecular weight excluding hydrogens is 200 g/mol. The Bertz CT molecular complexity index is 410. The van der Waals surface area contributed by atoms with Crippen molar-refractivity contribution in [2.24, 2.45) is 0 Å². The molecule has 0 radical (unpaired) electrons. The lowest BCUT2D eigenvalue weighted by Gasteiger charge is -2.02. The molecule has 0 bridgehead atoms. The summed E-state index contributed by atoms with van der Waals surface area (Å²) < 4.78 is 5.18. The minimum absolute atomic E-state index is 0.626. The number of benzene rings is 1. The molecule has 16 heavy (non-hydrogen) atoms. The van der Waals surface area contributed by atoms with Crippen molar-refractivity contribution >= 4 is 6.29 Å². The lowest BCUT2D eigenvalue weighted by Crippen LogP contribution is -1.90. The minimum atomic E-state index is 0.626. The Morgan fingerprint density at radius 2 is 2.25 bits per heavy atom. The van der Waals surface area contributed by atoms with Crippen LogP contribution in [0.25, 0.3) is 0 Å². The number of ether oxygens (including phenoxy) is 1. The van der Waals surface area contributed by atoms with Crippen molar-refractivity contribution in [3.8, 4) is 17.6 Å². The summed E-state index contributed by atoms with van der Waals surface area (Å²) in [6.07, 6.45) is 3.94. The first-order valence-electron chi connectivity index (χ1n) is 5.44. The molecule has 0 saturated heterocycles. The normalized spacial score (nSPS) is 9.12. The maximum Gasteiger partial charge on any atom is 0.150 e. The number of aldehydes is 1. The van der Waals surface area contributed by atoms with Gasteiger partial charge in [0.2, 0.25) is 0 Å². The van der Waals surface area contributed by atoms with Crippen LogP contribution in [-0.2, 0) is 0 Å². The van der Waals surface area contributed by atoms with Gasteiger partial charge in [-0.25, -0.2) is 0 Å². The molecular formula is C14H16O2. The molecule has 0 heterocycles. The monoisotopic (exact) mass is 216 g/mol. The molecule has 0 aliphatic carbocycles. The third-order valence-electron chi connectivity index (χ3n) is 2.24. The zero-order chi connectivity index (χ0) is 11.8. The van der Waals surface area contributed by atoms with Crippen LogP contribution in [0.2, 0.25) is 0 Å². The highest BCUT2D eigenvalue weighted by molar-refractivity contribution is 5.76. The van der Waals surface area contributed by atoms with Crippen LogP contribution in [0.15, 0.2) is 18.2 Å². The zero-order valence-electron chi connectivity index (χ0n) is 9.75. The second kappa shape index (κ2) is 6.68. The maximum absolute atomic E-state index is 10.6. The zero-order valence-corrected chi connectivity index (χ0v) is 9.75. The third-order valence-corrected chi connectivity index (χ3v) is 2.24. The van der Waals surface area contributed by atoms with Crippen LogP contribution in [0, 0.1) is 11.8 Å². The van der Waals surface area contributed by atoms with E-state index in [2.05, 4.69) is 18.8 Å². The molecule has 2 heteroatoms. The first-order chi connectivity index (χ1) is 7.81. The van der Waals surface area contributed by atoms with Gasteiger partial charge < -0.3 is 4.74 Å². The summed E-state index contributed by atoms with van der Waals surface area (Å²) >= 11 is 0. The van der Waals surface area contributed by atoms with Crippen molar-refractivity contribution in [3.63, 3.8) is 0 Å². The molecule has 0 spiro atoms. The van der Waals surface area contributed by atoms with Gasteiger partial charge in [0.25, 0.3) is 0 Å². The van der Waals surface area contributed by atoms with Gasteiger partial charge in [-0.1, -0.05) is 25.2 Å². The van der Waals surface area contributed by atoms with Crippen LogP contribution in [0.4, 0.5) is 0 Å². The summed E-state index contributed by atoms with van der Waals surface area (Å²) in [5.74, 6) is 6.84. The quantitative estimate of drug-likeness (QED) is 0.439. The molecule has 0 unspecified atom stereocenters. The molecule has 0 fully saturated rings. The average molecular weight is 216 g/mol. The van der Waals surface area contributed by atoms with E-state index in [1.54, 1.807) is 25.3 Å². The minimum Gasteiger partial charge on any atom is -0.495 e. The topological polar surface area (TPSA) is 26.3 Å². The largest absolute Gasteiger partial charge is 0.495 e. The molecule has 84 valence electrons. The fourth-order valence-electron chi connectivity index (χ4n) is 1.32. The SMILES string of the molecule is CCCCC#Cc1cc(C=O)ccc1OC. The van der Waals surface area contributed by atoms with Crippen molar-refractivity contribution < 1.29 is 9.53 Å². The van der Waals surface area contributed by atoms with Crippen LogP contribution in [0.3, 0.4) is 0 Å². The molecule has 1 rings (SSSR count). The van der Waals surface area contributed by atoms with Gasteiger partial charge in [-0.05, 0) is 24.6 Å². The third kappa shape index (κ3) is 3.43. The van der Waals surface area contributed by atoms with Crippen molar-refractivity contribution in [1.82, 2.24) is 0 Å². The highest BCUT2D eigenvalue weighted by atomic mass is 16.5. The average Bonchev–Trinajstić information content (AvgIpc) is 2.34. The van der Waals surface area contributed by atoms with Gasteiger partial charge in [-0.2, -0.15) is 0 Å². The number of carbonyl (C=O) groups is 1. The predicted molar refractivity (Wildman–Crippen MR) is 64.8 cm³/mol. The number of rotatable bonds is 4. The predicted octanol–water partition coefficient (Wildman–Crippen LogP) is 3.05. The standard InChI is InChI=1S/C14H16O2/c1-3-4-5-6-7-13-10-12(11-15)8-9-14(13)16-2/h8-11H,3-5H2,1-2H3. The number of methoxy groups -OCH3 is 1. The first-order valence-corrected chi connectivity index (χ1v) is 5.44. The Hall–Kier alpha value is -1.75. The van der Waals surface area contributed by atoms with E-state index < -0.39 is 0 Å². The second-order valence-corrected chi connectivity index (χ2v) is 3.48. The van der Waals surface area contributed by atoms with E-state index in [1.807, 2.05) is 0 Å². The van der Waals surface area contributed by atoms with Crippen molar-refractivity contribution in [3.05, 3.63) is 29.3 Å². The summed E-state index contributed by atoms with van der Waals surface area (Å²) in [4.78, 5) is 10.6. The Kier molecular flexibility index (Phi) is 5.15. The Morgan fingerprint density at radius 3 is 2.88 bits per heavy atom. The number of hydrogen-bond acceptors (Lipinski definition) is 2. The molecule has 0 aromatic heterocycles. The van der Waals surface area contributed by atoms with Gasteiger partial charge in [0.15, 0.2) is 0 Å². The number of carbonyl (C=O) groups excluding carboxylic acids is 1. The molecule has 2 nitrogen and oxygen atoms in total. The Balaban J connectivity index is 2.89. The van der Waals surface area contributed by atoms with Crippen LogP contribution >= 0.6 is 0 Å². The maximum atomic E-state index is 10.6. The molecule has 0 aliphatic rings. The summed E-state index contributed by atoms with van der Waals surface area (Å²) in [6.45, 7) is 2.13. The lowest BCUT2D eigenvalue weighted by molar-refractivity contribution is 0.112. The molecule has 0 saturated carbocycles. The second-order valence-electron chi connectivity index (χ2n) is 3.48. The first kappa shape index (κ1) is 12.3. The molecule has 0 N–H and O–H groups in total. The van der Waals surface area contributed by atoms with E-state index in [-0.39, 0.29) is 0 Å². The van der Waals surface area contributed by atoms with Crippen LogP contribution in [0.5, 0.6) is 5.75 Å². The van der Waals surface area contributed by atoms with Gasteiger partial charge in [-0.3, -0.25) is 4.79 Å². The van der Waals surface area contributed by atoms with E-state index in [4.69, 9.17) is 4.74 Å². The molecule has 0 atom stereocenters. The van der Waals surface area contributed by atoms with Gasteiger partial charge in [-0.15, -0.1) is 0 Å². The van der Waals surface area contributed by atoms with E-state index >= 15 is 0 Å². The highest BCUT2D eigenvalue weighted by Crippen LogP contribution is 2.18. The summed E-state index contributed by atoms with van der Waals surface area (Å²) in [5, 5.41) is 0. The fraction of sp³-hybridized carbons (Fsp3) is 0.357. The summed E-state index contributed by atoms with van der Waals surface area (Å²) in [7, 11) is 1.60. The van der Waals surface area contributed by atoms with Gasteiger partial charge in [0, 0.05) is 12.0 Å². The number of unbranched alkanes of at least 4 members (excludes halogenated alkanes) is 2. The molecule has 1 aromatic carbocycles. The van der Waals surface area contributed by atoms with Crippen molar-refractivity contribution in [2.45, 2.75) is 26.2 Å². The number of hydrogen-bond donors (Lipinski definition) is 0. The smallest absolute Gasteiger partial charge is 0.150 e. The van der Waals surface area contributed by atoms with E-state index in [0.29, 0.717) is 5.56 Å². The summed E-state index contributed by atoms with van der Waals surface area (Å²) in [6, 6.07) is 5.25. The van der Waals surface area contributed by atoms with Crippen LogP contribution < -0.4 is 4.74 Å². The van der Waals surface area contributed by atoms with Crippen LogP contribution in [-0.4, -0.2) is 13.4 Å². The molecule has 0 aliphatic heterocycles. The lowest BCUT2D eigenvalue weighted by atomic mass is 10.1. The van der Waals surface area contributed by atoms with Crippen LogP contribution in [0.1, 0.15) is 42.1 Å². The Labute approximate surface area is 96.6 Å². The summed E-state index contributed by atoms with van der Waals surface area (Å²) in [5.41, 5.74) is 1.41. The Morgan fingerprint density at radius 1 is 1.44 bits per heavy atom. The van der Waals surface area contributed by atoms with E-state index in [0.717, 1.165) is 36.9 Å². The fourth-order valence-corrected chi connectivity index (χ4v) is 1.32. The van der Waals surface area contributed by atoms with Crippen molar-refractivity contribution in [2.75, 3.05) is 7.11 Å². The van der Waals surface area contributed by atoms with E-state index in [1.165, 1.54) is 0 Å². The molecule has 1 aromatic rings. The van der Waals surface area contributed by atoms with Gasteiger partial charge in [0.05, 0.1) is 12.7 Å². The van der Waals surface area contributed by atoms with E-state index in [9.17, 15) is 4.79 Å². The highest BCUT2D eigenvalue weighted by Gasteiger charge is 2.00. The van der Waals surface area contributed by atoms with Gasteiger partial charge >= 0.3 is 0 Å². The van der Waals surface area contributed by atoms with Gasteiger partial charge in [0.1, 0.15) is 12.0 Å².